The smallest absolute Gasteiger partial charge is 0.250 e. The molecule has 4 aromatic rings. The van der Waals surface area contributed by atoms with Gasteiger partial charge in [0.2, 0.25) is 0 Å². The van der Waals surface area contributed by atoms with Crippen LogP contribution < -0.4 is 10.2 Å². The molecular weight excluding hydrogens is 558 g/mol. The van der Waals surface area contributed by atoms with E-state index in [0.717, 1.165) is 25.7 Å². The summed E-state index contributed by atoms with van der Waals surface area (Å²) in [5.74, 6) is 1.37. The van der Waals surface area contributed by atoms with Crippen LogP contribution in [0.5, 0.6) is 5.75 Å². The number of carbonyl (C=O) groups excluding carboxylic acids is 1. The van der Waals surface area contributed by atoms with E-state index in [1.54, 1.807) is 13.3 Å². The zero-order valence-electron chi connectivity index (χ0n) is 20.4. The molecule has 0 aliphatic rings. The number of methoxy groups -OCH3 is 1. The third-order valence-corrected chi connectivity index (χ3v) is 7.77. The van der Waals surface area contributed by atoms with E-state index in [2.05, 4.69) is 81.7 Å². The number of nitrogens with zero attached hydrogens (tertiary/aromatic N) is 4. The lowest BCUT2D eigenvalue weighted by atomic mass is 9.87. The SMILES string of the molecule is COc1ccc(-n2c(SCC(=O)N/N=C\c3ccc(Br)s3)nnc2-c2ccc(C(C)(C)C)cc2)cc1. The Bertz CT molecular complexity index is 1360. The van der Waals surface area contributed by atoms with Gasteiger partial charge in [-0.3, -0.25) is 9.36 Å². The van der Waals surface area contributed by atoms with Crippen molar-refractivity contribution in [3.8, 4) is 22.8 Å². The third kappa shape index (κ3) is 6.43. The second kappa shape index (κ2) is 11.4. The van der Waals surface area contributed by atoms with Crippen LogP contribution in [-0.4, -0.2) is 39.7 Å². The summed E-state index contributed by atoms with van der Waals surface area (Å²) in [4.78, 5) is 13.4. The van der Waals surface area contributed by atoms with Crippen molar-refractivity contribution < 1.29 is 9.53 Å². The Kier molecular flexibility index (Phi) is 8.28. The largest absolute Gasteiger partial charge is 0.497 e. The molecule has 0 fully saturated rings. The fraction of sp³-hybridized carbons (Fsp3) is 0.231. The quantitative estimate of drug-likeness (QED) is 0.149. The second-order valence-electron chi connectivity index (χ2n) is 8.89. The van der Waals surface area contributed by atoms with Gasteiger partial charge in [-0.05, 0) is 63.3 Å². The number of benzene rings is 2. The van der Waals surface area contributed by atoms with Gasteiger partial charge in [0.15, 0.2) is 11.0 Å². The van der Waals surface area contributed by atoms with Crippen molar-refractivity contribution in [1.29, 1.82) is 0 Å². The van der Waals surface area contributed by atoms with Crippen molar-refractivity contribution in [2.24, 2.45) is 5.10 Å². The highest BCUT2D eigenvalue weighted by Crippen LogP contribution is 2.30. The second-order valence-corrected chi connectivity index (χ2v) is 12.3. The van der Waals surface area contributed by atoms with Crippen LogP contribution >= 0.6 is 39.0 Å². The Morgan fingerprint density at radius 3 is 2.44 bits per heavy atom. The average molecular weight is 585 g/mol. The van der Waals surface area contributed by atoms with Crippen LogP contribution in [0, 0.1) is 0 Å². The maximum Gasteiger partial charge on any atom is 0.250 e. The Balaban J connectivity index is 1.56. The number of carbonyl (C=O) groups is 1. The normalized spacial score (nSPS) is 11.7. The summed E-state index contributed by atoms with van der Waals surface area (Å²) in [7, 11) is 1.63. The zero-order valence-corrected chi connectivity index (χ0v) is 23.6. The van der Waals surface area contributed by atoms with Gasteiger partial charge in [0, 0.05) is 16.1 Å². The highest BCUT2D eigenvalue weighted by molar-refractivity contribution is 9.11. The van der Waals surface area contributed by atoms with E-state index >= 15 is 0 Å². The van der Waals surface area contributed by atoms with Crippen molar-refractivity contribution in [2.75, 3.05) is 12.9 Å². The standard InChI is InChI=1S/C26H26BrN5O2S2/c1-26(2,3)18-7-5-17(6-8-18)24-30-31-25(32(24)19-9-11-20(34-4)12-10-19)35-16-23(33)29-28-15-21-13-14-22(27)36-21/h5-15H,16H2,1-4H3,(H,29,33)/b28-15-. The molecule has 0 radical (unpaired) electrons. The molecule has 0 bridgehead atoms. The molecule has 2 aromatic carbocycles. The predicted octanol–water partition coefficient (Wildman–Crippen LogP) is 6.31. The van der Waals surface area contributed by atoms with Crippen molar-refractivity contribution in [3.63, 3.8) is 0 Å². The van der Waals surface area contributed by atoms with Crippen LogP contribution in [0.4, 0.5) is 0 Å². The summed E-state index contributed by atoms with van der Waals surface area (Å²) < 4.78 is 8.27. The lowest BCUT2D eigenvalue weighted by molar-refractivity contribution is -0.118. The van der Waals surface area contributed by atoms with E-state index in [1.807, 2.05) is 41.0 Å². The first-order chi connectivity index (χ1) is 17.2. The first-order valence-electron chi connectivity index (χ1n) is 11.2. The number of halogens is 1. The summed E-state index contributed by atoms with van der Waals surface area (Å²) in [6.45, 7) is 6.56. The van der Waals surface area contributed by atoms with Gasteiger partial charge in [0.05, 0.1) is 22.9 Å². The number of nitrogens with one attached hydrogen (secondary N) is 1. The first-order valence-corrected chi connectivity index (χ1v) is 13.7. The maximum absolute atomic E-state index is 12.4. The molecule has 0 spiro atoms. The van der Waals surface area contributed by atoms with E-state index < -0.39 is 0 Å². The summed E-state index contributed by atoms with van der Waals surface area (Å²) in [5, 5.41) is 13.5. The molecule has 1 N–H and O–H groups in total. The van der Waals surface area contributed by atoms with Crippen LogP contribution in [0.15, 0.2) is 74.7 Å². The number of thiophene rings is 1. The first kappa shape index (κ1) is 26.1. The van der Waals surface area contributed by atoms with Gasteiger partial charge in [0.1, 0.15) is 5.75 Å². The van der Waals surface area contributed by atoms with Crippen molar-refractivity contribution in [2.45, 2.75) is 31.3 Å². The molecule has 4 rings (SSSR count). The molecule has 0 atom stereocenters. The van der Waals surface area contributed by atoms with E-state index in [4.69, 9.17) is 4.74 Å². The number of hydrogen-bond donors (Lipinski definition) is 1. The minimum atomic E-state index is -0.229. The van der Waals surface area contributed by atoms with Crippen LogP contribution in [0.1, 0.15) is 31.2 Å². The van der Waals surface area contributed by atoms with E-state index in [1.165, 1.54) is 28.7 Å². The number of thioether (sulfide) groups is 1. The summed E-state index contributed by atoms with van der Waals surface area (Å²) in [5.41, 5.74) is 5.68. The topological polar surface area (TPSA) is 81.4 Å². The van der Waals surface area contributed by atoms with Crippen LogP contribution in [-0.2, 0) is 10.2 Å². The molecule has 186 valence electrons. The lowest BCUT2D eigenvalue weighted by Crippen LogP contribution is -2.19. The highest BCUT2D eigenvalue weighted by Gasteiger charge is 2.19. The van der Waals surface area contributed by atoms with Crippen molar-refractivity contribution >= 4 is 51.2 Å². The minimum absolute atomic E-state index is 0.0546. The average Bonchev–Trinajstić information content (AvgIpc) is 3.48. The molecule has 0 saturated heterocycles. The predicted molar refractivity (Wildman–Crippen MR) is 151 cm³/mol. The van der Waals surface area contributed by atoms with Gasteiger partial charge >= 0.3 is 0 Å². The van der Waals surface area contributed by atoms with Crippen LogP contribution in [0.2, 0.25) is 0 Å². The van der Waals surface area contributed by atoms with Crippen LogP contribution in [0.3, 0.4) is 0 Å². The number of ether oxygens (including phenoxy) is 1. The van der Waals surface area contributed by atoms with Gasteiger partial charge in [-0.25, -0.2) is 5.43 Å². The molecule has 1 amide bonds. The molecule has 2 heterocycles. The molecule has 0 aliphatic heterocycles. The molecule has 0 saturated carbocycles. The Hall–Kier alpha value is -2.95. The van der Waals surface area contributed by atoms with Gasteiger partial charge in [-0.2, -0.15) is 5.10 Å². The molecular formula is C26H26BrN5O2S2. The van der Waals surface area contributed by atoms with E-state index in [0.29, 0.717) is 11.0 Å². The fourth-order valence-corrected chi connectivity index (χ4v) is 5.40. The summed E-state index contributed by atoms with van der Waals surface area (Å²) >= 11 is 6.25. The maximum atomic E-state index is 12.4. The van der Waals surface area contributed by atoms with E-state index in [9.17, 15) is 4.79 Å². The molecule has 2 aromatic heterocycles. The fourth-order valence-electron chi connectivity index (χ4n) is 3.36. The molecule has 36 heavy (non-hydrogen) atoms. The zero-order chi connectivity index (χ0) is 25.7. The molecule has 7 nitrogen and oxygen atoms in total. The number of hydrazone groups is 1. The number of amides is 1. The number of rotatable bonds is 8. The summed E-state index contributed by atoms with van der Waals surface area (Å²) in [6.07, 6.45) is 1.62. The lowest BCUT2D eigenvalue weighted by Gasteiger charge is -2.19. The van der Waals surface area contributed by atoms with Gasteiger partial charge in [0.25, 0.3) is 5.91 Å². The number of hydrogen-bond acceptors (Lipinski definition) is 7. The highest BCUT2D eigenvalue weighted by atomic mass is 79.9. The van der Waals surface area contributed by atoms with Gasteiger partial charge in [-0.1, -0.05) is 56.8 Å². The van der Waals surface area contributed by atoms with Crippen molar-refractivity contribution in [3.05, 3.63) is 74.9 Å². The third-order valence-electron chi connectivity index (χ3n) is 5.28. The van der Waals surface area contributed by atoms with E-state index in [-0.39, 0.29) is 17.1 Å². The Labute approximate surface area is 227 Å². The number of aromatic nitrogens is 3. The minimum Gasteiger partial charge on any atom is -0.497 e. The monoisotopic (exact) mass is 583 g/mol. The van der Waals surface area contributed by atoms with Gasteiger partial charge in [-0.15, -0.1) is 21.5 Å². The molecule has 0 unspecified atom stereocenters. The molecule has 0 aliphatic carbocycles. The summed E-state index contributed by atoms with van der Waals surface area (Å²) in [6, 6.07) is 19.9. The van der Waals surface area contributed by atoms with Crippen LogP contribution in [0.25, 0.3) is 17.1 Å². The van der Waals surface area contributed by atoms with Gasteiger partial charge < -0.3 is 4.74 Å². The Morgan fingerprint density at radius 2 is 1.83 bits per heavy atom. The Morgan fingerprint density at radius 1 is 1.11 bits per heavy atom. The van der Waals surface area contributed by atoms with Crippen molar-refractivity contribution in [1.82, 2.24) is 20.2 Å². The molecule has 10 heteroatoms.